The Labute approximate surface area is 178 Å². The van der Waals surface area contributed by atoms with Crippen LogP contribution in [-0.2, 0) is 10.0 Å². The molecule has 0 aliphatic carbocycles. The second kappa shape index (κ2) is 8.02. The van der Waals surface area contributed by atoms with Gasteiger partial charge in [-0.3, -0.25) is 4.79 Å². The zero-order chi connectivity index (χ0) is 20.6. The van der Waals surface area contributed by atoms with Crippen LogP contribution >= 0.6 is 23.2 Å². The Morgan fingerprint density at radius 2 is 1.52 bits per heavy atom. The van der Waals surface area contributed by atoms with Gasteiger partial charge in [0.15, 0.2) is 11.5 Å². The number of hydrogen-bond acceptors (Lipinski definition) is 5. The summed E-state index contributed by atoms with van der Waals surface area (Å²) in [5.74, 6) is 0.749. The Morgan fingerprint density at radius 1 is 0.897 bits per heavy atom. The molecule has 2 aliphatic rings. The average molecular weight is 457 g/mol. The summed E-state index contributed by atoms with van der Waals surface area (Å²) in [6, 6.07) is 9.74. The predicted molar refractivity (Wildman–Crippen MR) is 109 cm³/mol. The summed E-state index contributed by atoms with van der Waals surface area (Å²) in [5, 5.41) is 0.146. The minimum atomic E-state index is -3.86. The number of benzene rings is 2. The lowest BCUT2D eigenvalue weighted by Gasteiger charge is -2.34. The Bertz CT molecular complexity index is 1030. The van der Waals surface area contributed by atoms with Crippen LogP contribution in [0.2, 0.25) is 10.0 Å². The van der Waals surface area contributed by atoms with E-state index in [-0.39, 0.29) is 47.0 Å². The lowest BCUT2D eigenvalue weighted by Crippen LogP contribution is -2.50. The maximum Gasteiger partial charge on any atom is 0.257 e. The number of halogens is 2. The molecule has 10 heteroatoms. The molecule has 2 aromatic carbocycles. The predicted octanol–water partition coefficient (Wildman–Crippen LogP) is 2.91. The Morgan fingerprint density at radius 3 is 2.21 bits per heavy atom. The number of sulfonamides is 1. The Kier molecular flexibility index (Phi) is 5.61. The van der Waals surface area contributed by atoms with Crippen LogP contribution in [-0.4, -0.2) is 62.9 Å². The molecule has 0 saturated carbocycles. The fourth-order valence-electron chi connectivity index (χ4n) is 3.40. The highest BCUT2D eigenvalue weighted by molar-refractivity contribution is 7.89. The lowest BCUT2D eigenvalue weighted by molar-refractivity contribution is 0.0688. The topological polar surface area (TPSA) is 76.2 Å². The first-order valence-corrected chi connectivity index (χ1v) is 11.2. The number of ether oxygens (including phenoxy) is 2. The highest BCUT2D eigenvalue weighted by Crippen LogP contribution is 2.35. The third-order valence-electron chi connectivity index (χ3n) is 4.84. The van der Waals surface area contributed by atoms with Crippen molar-refractivity contribution in [2.75, 3.05) is 39.4 Å². The van der Waals surface area contributed by atoms with Crippen LogP contribution in [0.25, 0.3) is 0 Å². The fourth-order valence-corrected chi connectivity index (χ4v) is 5.92. The minimum Gasteiger partial charge on any atom is -0.486 e. The molecule has 2 aromatic rings. The van der Waals surface area contributed by atoms with Crippen molar-refractivity contribution in [1.29, 1.82) is 0 Å². The standard InChI is InChI=1S/C19H18Cl2N2O5S/c20-14-4-2-5-15(21)18(14)29(25,26)23-9-7-22(8-10-23)19(24)13-3-1-6-16-17(13)28-12-11-27-16/h1-6H,7-12H2. The summed E-state index contributed by atoms with van der Waals surface area (Å²) in [5.41, 5.74) is 0.410. The molecule has 4 rings (SSSR count). The number of piperazine rings is 1. The summed E-state index contributed by atoms with van der Waals surface area (Å²) in [4.78, 5) is 14.5. The van der Waals surface area contributed by atoms with E-state index >= 15 is 0 Å². The molecule has 29 heavy (non-hydrogen) atoms. The van der Waals surface area contributed by atoms with E-state index in [9.17, 15) is 13.2 Å². The van der Waals surface area contributed by atoms with Crippen LogP contribution in [0.4, 0.5) is 0 Å². The zero-order valence-corrected chi connectivity index (χ0v) is 17.6. The largest absolute Gasteiger partial charge is 0.486 e. The molecule has 154 valence electrons. The van der Waals surface area contributed by atoms with Gasteiger partial charge in [-0.2, -0.15) is 4.31 Å². The summed E-state index contributed by atoms with van der Waals surface area (Å²) < 4.78 is 38.4. The molecule has 0 N–H and O–H groups in total. The molecule has 2 heterocycles. The van der Waals surface area contributed by atoms with Crippen molar-refractivity contribution in [3.63, 3.8) is 0 Å². The van der Waals surface area contributed by atoms with Crippen molar-refractivity contribution in [1.82, 2.24) is 9.21 Å². The third kappa shape index (κ3) is 3.77. The van der Waals surface area contributed by atoms with E-state index in [4.69, 9.17) is 32.7 Å². The second-order valence-corrected chi connectivity index (χ2v) is 9.27. The van der Waals surface area contributed by atoms with Gasteiger partial charge in [0, 0.05) is 26.2 Å². The number of rotatable bonds is 3. The average Bonchev–Trinajstić information content (AvgIpc) is 2.72. The van der Waals surface area contributed by atoms with E-state index in [1.165, 1.54) is 16.4 Å². The molecule has 0 bridgehead atoms. The number of para-hydroxylation sites is 1. The molecule has 0 atom stereocenters. The lowest BCUT2D eigenvalue weighted by atomic mass is 10.1. The van der Waals surface area contributed by atoms with Gasteiger partial charge in [-0.05, 0) is 24.3 Å². The summed E-state index contributed by atoms with van der Waals surface area (Å²) >= 11 is 12.2. The van der Waals surface area contributed by atoms with Crippen LogP contribution in [0.3, 0.4) is 0 Å². The molecule has 0 unspecified atom stereocenters. The third-order valence-corrected chi connectivity index (χ3v) is 7.69. The van der Waals surface area contributed by atoms with Gasteiger partial charge < -0.3 is 14.4 Å². The minimum absolute atomic E-state index is 0.0732. The number of fused-ring (bicyclic) bond motifs is 1. The van der Waals surface area contributed by atoms with Crippen molar-refractivity contribution in [3.05, 3.63) is 52.0 Å². The number of nitrogens with zero attached hydrogens (tertiary/aromatic N) is 2. The van der Waals surface area contributed by atoms with Crippen LogP contribution in [0, 0.1) is 0 Å². The van der Waals surface area contributed by atoms with Crippen molar-refractivity contribution in [3.8, 4) is 11.5 Å². The van der Waals surface area contributed by atoms with E-state index in [0.717, 1.165) is 0 Å². The normalized spacial score (nSPS) is 17.2. The molecular formula is C19H18Cl2N2O5S. The summed E-state index contributed by atoms with van der Waals surface area (Å²) in [7, 11) is -3.86. The first-order valence-electron chi connectivity index (χ1n) is 9.01. The molecule has 7 nitrogen and oxygen atoms in total. The van der Waals surface area contributed by atoms with Crippen molar-refractivity contribution >= 4 is 39.1 Å². The van der Waals surface area contributed by atoms with Gasteiger partial charge in [0.25, 0.3) is 5.91 Å². The highest BCUT2D eigenvalue weighted by atomic mass is 35.5. The van der Waals surface area contributed by atoms with Gasteiger partial charge in [0.05, 0.1) is 15.6 Å². The number of carbonyl (C=O) groups is 1. The maximum atomic E-state index is 13.0. The molecule has 1 fully saturated rings. The first-order chi connectivity index (χ1) is 13.9. The van der Waals surface area contributed by atoms with Gasteiger partial charge in [0.1, 0.15) is 18.1 Å². The Hall–Kier alpha value is -2.00. The van der Waals surface area contributed by atoms with Gasteiger partial charge in [0.2, 0.25) is 10.0 Å². The Balaban J connectivity index is 1.51. The van der Waals surface area contributed by atoms with Crippen LogP contribution in [0.5, 0.6) is 11.5 Å². The molecular weight excluding hydrogens is 439 g/mol. The maximum absolute atomic E-state index is 13.0. The molecule has 0 aromatic heterocycles. The molecule has 1 amide bonds. The highest BCUT2D eigenvalue weighted by Gasteiger charge is 2.34. The SMILES string of the molecule is O=C(c1cccc2c1OCCO2)N1CCN(S(=O)(=O)c2c(Cl)cccc2Cl)CC1. The first kappa shape index (κ1) is 20.3. The van der Waals surface area contributed by atoms with E-state index in [1.54, 1.807) is 29.2 Å². The van der Waals surface area contributed by atoms with E-state index in [2.05, 4.69) is 0 Å². The van der Waals surface area contributed by atoms with Gasteiger partial charge >= 0.3 is 0 Å². The number of amides is 1. The van der Waals surface area contributed by atoms with Gasteiger partial charge in [-0.15, -0.1) is 0 Å². The molecule has 0 spiro atoms. The van der Waals surface area contributed by atoms with Crippen LogP contribution in [0.15, 0.2) is 41.3 Å². The zero-order valence-electron chi connectivity index (χ0n) is 15.3. The van der Waals surface area contributed by atoms with E-state index in [0.29, 0.717) is 30.3 Å². The van der Waals surface area contributed by atoms with Crippen molar-refractivity contribution < 1.29 is 22.7 Å². The van der Waals surface area contributed by atoms with Crippen LogP contribution in [0.1, 0.15) is 10.4 Å². The molecule has 0 radical (unpaired) electrons. The fraction of sp³-hybridized carbons (Fsp3) is 0.316. The quantitative estimate of drug-likeness (QED) is 0.709. The van der Waals surface area contributed by atoms with Gasteiger partial charge in [-0.25, -0.2) is 8.42 Å². The smallest absolute Gasteiger partial charge is 0.257 e. The second-order valence-electron chi connectivity index (χ2n) is 6.58. The van der Waals surface area contributed by atoms with Crippen molar-refractivity contribution in [2.24, 2.45) is 0 Å². The van der Waals surface area contributed by atoms with E-state index < -0.39 is 10.0 Å². The number of carbonyl (C=O) groups excluding carboxylic acids is 1. The molecule has 2 aliphatic heterocycles. The van der Waals surface area contributed by atoms with Crippen molar-refractivity contribution in [2.45, 2.75) is 4.90 Å². The van der Waals surface area contributed by atoms with Gasteiger partial charge in [-0.1, -0.05) is 35.3 Å². The summed E-state index contributed by atoms with van der Waals surface area (Å²) in [6.07, 6.45) is 0. The van der Waals surface area contributed by atoms with Crippen LogP contribution < -0.4 is 9.47 Å². The molecule has 1 saturated heterocycles. The number of hydrogen-bond donors (Lipinski definition) is 0. The van der Waals surface area contributed by atoms with E-state index in [1.807, 2.05) is 0 Å². The monoisotopic (exact) mass is 456 g/mol. The summed E-state index contributed by atoms with van der Waals surface area (Å²) in [6.45, 7) is 1.58.